The van der Waals surface area contributed by atoms with Crippen molar-refractivity contribution in [2.45, 2.75) is 67.7 Å². The number of hydrogen-bond acceptors (Lipinski definition) is 3. The van der Waals surface area contributed by atoms with Crippen molar-refractivity contribution in [3.63, 3.8) is 0 Å². The van der Waals surface area contributed by atoms with Gasteiger partial charge in [-0.2, -0.15) is 21.6 Å². The molecule has 0 aliphatic carbocycles. The van der Waals surface area contributed by atoms with E-state index in [1.807, 2.05) is 11.8 Å². The lowest BCUT2D eigenvalue weighted by Crippen LogP contribution is -2.22. The van der Waals surface area contributed by atoms with Crippen LogP contribution in [0.3, 0.4) is 0 Å². The molecule has 0 fully saturated rings. The minimum absolute atomic E-state index is 0.140. The van der Waals surface area contributed by atoms with Crippen molar-refractivity contribution in [2.24, 2.45) is 0 Å². The predicted octanol–water partition coefficient (Wildman–Crippen LogP) is 6.83. The summed E-state index contributed by atoms with van der Waals surface area (Å²) in [6.45, 7) is 13.8. The summed E-state index contributed by atoms with van der Waals surface area (Å²) in [5.41, 5.74) is -2.30. The van der Waals surface area contributed by atoms with Crippen LogP contribution >= 0.6 is 11.8 Å². The Bertz CT molecular complexity index is 909. The number of halogens is 3. The molecule has 0 saturated carbocycles. The van der Waals surface area contributed by atoms with Gasteiger partial charge in [-0.15, -0.1) is 0 Å². The summed E-state index contributed by atoms with van der Waals surface area (Å²) in [5.74, 6) is 0. The molecule has 29 heavy (non-hydrogen) atoms. The van der Waals surface area contributed by atoms with Crippen molar-refractivity contribution in [3.8, 4) is 0 Å². The van der Waals surface area contributed by atoms with Crippen molar-refractivity contribution in [1.29, 1.82) is 0 Å². The third-order valence-corrected chi connectivity index (χ3v) is 5.50. The molecule has 0 unspecified atom stereocenters. The predicted molar refractivity (Wildman–Crippen MR) is 112 cm³/mol. The summed E-state index contributed by atoms with van der Waals surface area (Å²) in [6, 6.07) is 17.4. The van der Waals surface area contributed by atoms with Crippen LogP contribution in [-0.2, 0) is 20.9 Å². The molecule has 1 N–H and O–H groups in total. The molecule has 3 nitrogen and oxygen atoms in total. The molecule has 0 bridgehead atoms. The average molecular weight is 449 g/mol. The van der Waals surface area contributed by atoms with Gasteiger partial charge in [0, 0.05) is 9.79 Å². The first-order valence-corrected chi connectivity index (χ1v) is 11.1. The van der Waals surface area contributed by atoms with Crippen LogP contribution in [0.4, 0.5) is 13.2 Å². The van der Waals surface area contributed by atoms with Crippen LogP contribution in [-0.4, -0.2) is 18.5 Å². The van der Waals surface area contributed by atoms with Gasteiger partial charge in [0.15, 0.2) is 0 Å². The van der Waals surface area contributed by atoms with E-state index in [0.29, 0.717) is 0 Å². The zero-order valence-electron chi connectivity index (χ0n) is 17.3. The lowest BCUT2D eigenvalue weighted by molar-refractivity contribution is -0.0510. The topological polar surface area (TPSA) is 54.4 Å². The highest BCUT2D eigenvalue weighted by molar-refractivity contribution is 7.99. The molecule has 0 atom stereocenters. The molecule has 2 rings (SSSR count). The molecular formula is C21H27F3O3S2. The molecule has 0 aromatic heterocycles. The van der Waals surface area contributed by atoms with Crippen LogP contribution in [0.2, 0.25) is 0 Å². The Morgan fingerprint density at radius 2 is 1.28 bits per heavy atom. The van der Waals surface area contributed by atoms with E-state index >= 15 is 0 Å². The summed E-state index contributed by atoms with van der Waals surface area (Å²) in [4.78, 5) is 2.68. The molecule has 0 saturated heterocycles. The van der Waals surface area contributed by atoms with Gasteiger partial charge in [0.25, 0.3) is 0 Å². The number of alkyl halides is 3. The lowest BCUT2D eigenvalue weighted by atomic mass is 9.75. The highest BCUT2D eigenvalue weighted by atomic mass is 32.2. The SMILES string of the molecule is CC(C)(C)c1cccc(Sc2ccccc2)c1C(C)(C)C.O=S(=O)(O)C(F)(F)F. The quantitative estimate of drug-likeness (QED) is 0.404. The highest BCUT2D eigenvalue weighted by Crippen LogP contribution is 2.42. The molecule has 0 aliphatic rings. The summed E-state index contributed by atoms with van der Waals surface area (Å²) in [6.07, 6.45) is 0. The molecule has 8 heteroatoms. The number of hydrogen-bond donors (Lipinski definition) is 1. The molecule has 0 spiro atoms. The van der Waals surface area contributed by atoms with E-state index in [1.54, 1.807) is 0 Å². The molecule has 0 amide bonds. The fourth-order valence-electron chi connectivity index (χ4n) is 2.63. The smallest absolute Gasteiger partial charge is 0.279 e. The van der Waals surface area contributed by atoms with E-state index in [9.17, 15) is 13.2 Å². The molecule has 2 aromatic carbocycles. The first-order chi connectivity index (χ1) is 12.9. The van der Waals surface area contributed by atoms with Crippen molar-refractivity contribution in [3.05, 3.63) is 59.7 Å². The molecular weight excluding hydrogens is 421 g/mol. The Kier molecular flexibility index (Phi) is 8.01. The summed E-state index contributed by atoms with van der Waals surface area (Å²) >= 11 is 1.87. The van der Waals surface area contributed by atoms with Gasteiger partial charge in [0.2, 0.25) is 0 Å². The van der Waals surface area contributed by atoms with Crippen LogP contribution < -0.4 is 0 Å². The number of rotatable bonds is 2. The third-order valence-electron chi connectivity index (χ3n) is 3.85. The standard InChI is InChI=1S/C20H26S.CHF3O3S/c1-19(2,3)16-13-10-14-17(18(16)20(4,5)6)21-15-11-8-7-9-12-15;2-1(3,4)8(5,6)7/h7-14H,1-6H3;(H,5,6,7). The number of benzene rings is 2. The second-order valence-corrected chi connectivity index (χ2v) is 11.0. The van der Waals surface area contributed by atoms with Crippen molar-refractivity contribution >= 4 is 21.9 Å². The Labute approximate surface area is 175 Å². The zero-order chi connectivity index (χ0) is 22.7. The highest BCUT2D eigenvalue weighted by Gasteiger charge is 2.44. The van der Waals surface area contributed by atoms with Gasteiger partial charge in [-0.25, -0.2) is 0 Å². The maximum absolute atomic E-state index is 10.7. The summed E-state index contributed by atoms with van der Waals surface area (Å²) < 4.78 is 57.5. The first-order valence-electron chi connectivity index (χ1n) is 8.85. The largest absolute Gasteiger partial charge is 0.522 e. The van der Waals surface area contributed by atoms with Crippen LogP contribution in [0.5, 0.6) is 0 Å². The monoisotopic (exact) mass is 448 g/mol. The van der Waals surface area contributed by atoms with Gasteiger partial charge in [0.1, 0.15) is 0 Å². The molecule has 2 aromatic rings. The fourth-order valence-corrected chi connectivity index (χ4v) is 3.84. The average Bonchev–Trinajstić information content (AvgIpc) is 2.52. The van der Waals surface area contributed by atoms with Crippen molar-refractivity contribution in [1.82, 2.24) is 0 Å². The lowest BCUT2D eigenvalue weighted by Gasteiger charge is -2.32. The Hall–Kier alpha value is -1.51. The van der Waals surface area contributed by atoms with Gasteiger partial charge < -0.3 is 0 Å². The van der Waals surface area contributed by atoms with Gasteiger partial charge in [-0.05, 0) is 40.2 Å². The second-order valence-electron chi connectivity index (χ2n) is 8.51. The van der Waals surface area contributed by atoms with E-state index in [1.165, 1.54) is 20.9 Å². The van der Waals surface area contributed by atoms with Crippen LogP contribution in [0.25, 0.3) is 0 Å². The van der Waals surface area contributed by atoms with E-state index in [0.717, 1.165) is 0 Å². The van der Waals surface area contributed by atoms with Crippen LogP contribution in [0, 0.1) is 0 Å². The zero-order valence-corrected chi connectivity index (χ0v) is 19.0. The fraction of sp³-hybridized carbons (Fsp3) is 0.429. The maximum Gasteiger partial charge on any atom is 0.522 e. The Balaban J connectivity index is 0.000000447. The van der Waals surface area contributed by atoms with E-state index in [-0.39, 0.29) is 10.8 Å². The molecule has 0 aliphatic heterocycles. The van der Waals surface area contributed by atoms with Gasteiger partial charge >= 0.3 is 15.6 Å². The van der Waals surface area contributed by atoms with Crippen molar-refractivity contribution < 1.29 is 26.1 Å². The minimum Gasteiger partial charge on any atom is -0.279 e. The van der Waals surface area contributed by atoms with Crippen LogP contribution in [0.15, 0.2) is 58.3 Å². The Morgan fingerprint density at radius 3 is 1.66 bits per heavy atom. The van der Waals surface area contributed by atoms with E-state index in [2.05, 4.69) is 90.1 Å². The first kappa shape index (κ1) is 25.5. The molecule has 0 radical (unpaired) electrons. The van der Waals surface area contributed by atoms with Gasteiger partial charge in [0.05, 0.1) is 0 Å². The van der Waals surface area contributed by atoms with Gasteiger partial charge in [-0.3, -0.25) is 4.55 Å². The van der Waals surface area contributed by atoms with Crippen LogP contribution in [0.1, 0.15) is 52.7 Å². The second kappa shape index (κ2) is 9.10. The maximum atomic E-state index is 10.7. The Morgan fingerprint density at radius 1 is 0.793 bits per heavy atom. The van der Waals surface area contributed by atoms with Gasteiger partial charge in [-0.1, -0.05) is 83.6 Å². The van der Waals surface area contributed by atoms with E-state index < -0.39 is 15.6 Å². The summed E-state index contributed by atoms with van der Waals surface area (Å²) in [7, 11) is -5.84. The summed E-state index contributed by atoms with van der Waals surface area (Å²) in [5, 5.41) is 0. The minimum atomic E-state index is -5.84. The third kappa shape index (κ3) is 7.68. The van der Waals surface area contributed by atoms with Crippen molar-refractivity contribution in [2.75, 3.05) is 0 Å². The normalized spacial score (nSPS) is 12.9. The molecule has 0 heterocycles. The van der Waals surface area contributed by atoms with E-state index in [4.69, 9.17) is 13.0 Å². The molecule has 162 valence electrons.